The maximum absolute atomic E-state index is 11.9. The molecule has 1 amide bonds. The van der Waals surface area contributed by atoms with Crippen molar-refractivity contribution in [1.29, 1.82) is 0 Å². The first-order chi connectivity index (χ1) is 10.0. The van der Waals surface area contributed by atoms with Crippen LogP contribution >= 0.6 is 0 Å². The highest BCUT2D eigenvalue weighted by atomic mass is 16.2. The van der Waals surface area contributed by atoms with Gasteiger partial charge in [-0.05, 0) is 30.0 Å². The Kier molecular flexibility index (Phi) is 5.05. The number of hydrogen-bond donors (Lipinski definition) is 2. The fourth-order valence-corrected chi connectivity index (χ4v) is 2.04. The topological polar surface area (TPSA) is 85.8 Å². The Morgan fingerprint density at radius 2 is 2.05 bits per heavy atom. The molecule has 21 heavy (non-hydrogen) atoms. The molecule has 2 rings (SSSR count). The van der Waals surface area contributed by atoms with Gasteiger partial charge in [0.25, 0.3) is 0 Å². The smallest absolute Gasteiger partial charge is 0.241 e. The zero-order valence-corrected chi connectivity index (χ0v) is 12.4. The quantitative estimate of drug-likeness (QED) is 0.845. The van der Waals surface area contributed by atoms with Crippen molar-refractivity contribution < 1.29 is 4.79 Å². The number of hydrogen-bond acceptors (Lipinski definition) is 4. The van der Waals surface area contributed by atoms with Gasteiger partial charge in [-0.3, -0.25) is 4.79 Å². The maximum atomic E-state index is 11.9. The Morgan fingerprint density at radius 1 is 1.33 bits per heavy atom. The van der Waals surface area contributed by atoms with E-state index in [4.69, 9.17) is 5.73 Å². The summed E-state index contributed by atoms with van der Waals surface area (Å²) in [4.78, 5) is 15.8. The molecule has 0 fully saturated rings. The monoisotopic (exact) mass is 287 g/mol. The lowest BCUT2D eigenvalue weighted by atomic mass is 10.0. The van der Waals surface area contributed by atoms with Crippen molar-refractivity contribution in [1.82, 2.24) is 14.8 Å². The first-order valence-electron chi connectivity index (χ1n) is 7.02. The zero-order chi connectivity index (χ0) is 15.2. The standard InChI is InChI=1S/C15H21N5O/c1-11(2)7-14(16)15(21)19-13-5-3-12(4-6-13)8-20-10-17-9-18-20/h3-6,9-11,14H,7-8,16H2,1-2H3,(H,19,21). The number of aromatic nitrogens is 3. The summed E-state index contributed by atoms with van der Waals surface area (Å²) in [6, 6.07) is 7.16. The zero-order valence-electron chi connectivity index (χ0n) is 12.4. The largest absolute Gasteiger partial charge is 0.325 e. The lowest BCUT2D eigenvalue weighted by Gasteiger charge is -2.14. The van der Waals surface area contributed by atoms with E-state index in [9.17, 15) is 4.79 Å². The molecule has 1 heterocycles. The van der Waals surface area contributed by atoms with Gasteiger partial charge in [-0.25, -0.2) is 9.67 Å². The van der Waals surface area contributed by atoms with Crippen molar-refractivity contribution >= 4 is 11.6 Å². The average Bonchev–Trinajstić information content (AvgIpc) is 2.93. The number of rotatable bonds is 6. The molecule has 2 aromatic rings. The predicted molar refractivity (Wildman–Crippen MR) is 81.6 cm³/mol. The van der Waals surface area contributed by atoms with E-state index in [-0.39, 0.29) is 5.91 Å². The molecule has 0 radical (unpaired) electrons. The van der Waals surface area contributed by atoms with Gasteiger partial charge >= 0.3 is 0 Å². The number of nitrogens with one attached hydrogen (secondary N) is 1. The SMILES string of the molecule is CC(C)CC(N)C(=O)Nc1ccc(Cn2cncn2)cc1. The van der Waals surface area contributed by atoms with Crippen molar-refractivity contribution in [3.05, 3.63) is 42.5 Å². The lowest BCUT2D eigenvalue weighted by molar-refractivity contribution is -0.117. The number of nitrogens with zero attached hydrogens (tertiary/aromatic N) is 3. The van der Waals surface area contributed by atoms with E-state index in [2.05, 4.69) is 15.4 Å². The molecule has 0 saturated heterocycles. The summed E-state index contributed by atoms with van der Waals surface area (Å²) < 4.78 is 1.74. The second kappa shape index (κ2) is 6.99. The number of anilines is 1. The molecule has 0 aliphatic heterocycles. The molecule has 0 aliphatic rings. The minimum atomic E-state index is -0.472. The number of amides is 1. The van der Waals surface area contributed by atoms with Crippen LogP contribution in [0.3, 0.4) is 0 Å². The highest BCUT2D eigenvalue weighted by molar-refractivity contribution is 5.94. The Labute approximate surface area is 124 Å². The molecule has 112 valence electrons. The van der Waals surface area contributed by atoms with E-state index in [1.807, 2.05) is 38.1 Å². The van der Waals surface area contributed by atoms with Crippen LogP contribution in [0, 0.1) is 5.92 Å². The van der Waals surface area contributed by atoms with Gasteiger partial charge < -0.3 is 11.1 Å². The molecular weight excluding hydrogens is 266 g/mol. The summed E-state index contributed by atoms with van der Waals surface area (Å²) in [6.45, 7) is 4.75. The molecule has 1 aromatic carbocycles. The molecule has 6 nitrogen and oxygen atoms in total. The Bertz CT molecular complexity index is 562. The fraction of sp³-hybridized carbons (Fsp3) is 0.400. The third-order valence-electron chi connectivity index (χ3n) is 3.09. The predicted octanol–water partition coefficient (Wildman–Crippen LogP) is 1.64. The lowest BCUT2D eigenvalue weighted by Crippen LogP contribution is -2.36. The first-order valence-corrected chi connectivity index (χ1v) is 7.02. The van der Waals surface area contributed by atoms with Gasteiger partial charge in [0, 0.05) is 5.69 Å². The minimum Gasteiger partial charge on any atom is -0.325 e. The van der Waals surface area contributed by atoms with Crippen molar-refractivity contribution in [2.24, 2.45) is 11.7 Å². The Balaban J connectivity index is 1.91. The van der Waals surface area contributed by atoms with Crippen molar-refractivity contribution in [3.8, 4) is 0 Å². The van der Waals surface area contributed by atoms with Crippen LogP contribution in [0.5, 0.6) is 0 Å². The van der Waals surface area contributed by atoms with Crippen LogP contribution in [0.4, 0.5) is 5.69 Å². The fourth-order valence-electron chi connectivity index (χ4n) is 2.04. The van der Waals surface area contributed by atoms with Gasteiger partial charge in [-0.15, -0.1) is 0 Å². The highest BCUT2D eigenvalue weighted by Crippen LogP contribution is 2.12. The van der Waals surface area contributed by atoms with E-state index >= 15 is 0 Å². The van der Waals surface area contributed by atoms with Crippen molar-refractivity contribution in [3.63, 3.8) is 0 Å². The Morgan fingerprint density at radius 3 is 2.62 bits per heavy atom. The van der Waals surface area contributed by atoms with E-state index in [1.54, 1.807) is 11.0 Å². The number of nitrogens with two attached hydrogens (primary N) is 1. The van der Waals surface area contributed by atoms with Gasteiger partial charge in [-0.2, -0.15) is 5.10 Å². The van der Waals surface area contributed by atoms with Crippen molar-refractivity contribution in [2.45, 2.75) is 32.9 Å². The second-order valence-electron chi connectivity index (χ2n) is 5.52. The van der Waals surface area contributed by atoms with Crippen LogP contribution in [0.25, 0.3) is 0 Å². The van der Waals surface area contributed by atoms with Crippen LogP contribution < -0.4 is 11.1 Å². The van der Waals surface area contributed by atoms with Crippen molar-refractivity contribution in [2.75, 3.05) is 5.32 Å². The molecule has 1 aromatic heterocycles. The molecule has 6 heteroatoms. The third kappa shape index (κ3) is 4.68. The van der Waals surface area contributed by atoms with Gasteiger partial charge in [0.15, 0.2) is 0 Å². The molecule has 3 N–H and O–H groups in total. The highest BCUT2D eigenvalue weighted by Gasteiger charge is 2.14. The van der Waals surface area contributed by atoms with Gasteiger partial charge in [-0.1, -0.05) is 26.0 Å². The summed E-state index contributed by atoms with van der Waals surface area (Å²) in [5.74, 6) is 0.253. The summed E-state index contributed by atoms with van der Waals surface area (Å²) in [6.07, 6.45) is 3.85. The van der Waals surface area contributed by atoms with Crippen LogP contribution in [0.2, 0.25) is 0 Å². The molecule has 0 aliphatic carbocycles. The normalized spacial score (nSPS) is 12.4. The number of carbonyl (C=O) groups is 1. The summed E-state index contributed by atoms with van der Waals surface area (Å²) in [5.41, 5.74) is 7.70. The molecule has 0 saturated carbocycles. The summed E-state index contributed by atoms with van der Waals surface area (Å²) in [5, 5.41) is 6.89. The number of carbonyl (C=O) groups excluding carboxylic acids is 1. The maximum Gasteiger partial charge on any atom is 0.241 e. The van der Waals surface area contributed by atoms with E-state index in [0.717, 1.165) is 11.3 Å². The molecule has 0 bridgehead atoms. The van der Waals surface area contributed by atoms with E-state index in [0.29, 0.717) is 18.9 Å². The van der Waals surface area contributed by atoms with E-state index in [1.165, 1.54) is 6.33 Å². The second-order valence-corrected chi connectivity index (χ2v) is 5.52. The van der Waals surface area contributed by atoms with Gasteiger partial charge in [0.2, 0.25) is 5.91 Å². The molecule has 0 spiro atoms. The number of benzene rings is 1. The van der Waals surface area contributed by atoms with Crippen LogP contribution in [0.15, 0.2) is 36.9 Å². The minimum absolute atomic E-state index is 0.146. The van der Waals surface area contributed by atoms with Crippen LogP contribution in [-0.4, -0.2) is 26.7 Å². The third-order valence-corrected chi connectivity index (χ3v) is 3.09. The van der Waals surface area contributed by atoms with Crippen LogP contribution in [0.1, 0.15) is 25.8 Å². The van der Waals surface area contributed by atoms with Gasteiger partial charge in [0.05, 0.1) is 12.6 Å². The Hall–Kier alpha value is -2.21. The summed E-state index contributed by atoms with van der Waals surface area (Å²) in [7, 11) is 0. The molecule has 1 unspecified atom stereocenters. The first kappa shape index (κ1) is 15.2. The van der Waals surface area contributed by atoms with Crippen LogP contribution in [-0.2, 0) is 11.3 Å². The molecule has 1 atom stereocenters. The van der Waals surface area contributed by atoms with E-state index < -0.39 is 6.04 Å². The average molecular weight is 287 g/mol. The van der Waals surface area contributed by atoms with Gasteiger partial charge in [0.1, 0.15) is 12.7 Å². The summed E-state index contributed by atoms with van der Waals surface area (Å²) >= 11 is 0. The molecular formula is C15H21N5O.